The highest BCUT2D eigenvalue weighted by molar-refractivity contribution is 5.70. The van der Waals surface area contributed by atoms with E-state index in [0.717, 1.165) is 12.8 Å². The average molecular weight is 319 g/mol. The number of carbonyl (C=O) groups is 1. The first-order chi connectivity index (χ1) is 11.3. The van der Waals surface area contributed by atoms with Crippen molar-refractivity contribution in [3.8, 4) is 0 Å². The molecule has 0 aromatic carbocycles. The Hall–Kier alpha value is -1.51. The molecule has 0 saturated carbocycles. The summed E-state index contributed by atoms with van der Waals surface area (Å²) in [6.07, 6.45) is 23.8. The summed E-state index contributed by atoms with van der Waals surface area (Å²) in [6, 6.07) is 0. The van der Waals surface area contributed by atoms with E-state index in [0.29, 0.717) is 12.3 Å². The summed E-state index contributed by atoms with van der Waals surface area (Å²) >= 11 is 0. The molecule has 3 heteroatoms. The molecule has 0 fully saturated rings. The van der Waals surface area contributed by atoms with Crippen LogP contribution in [0.5, 0.6) is 0 Å². The Morgan fingerprint density at radius 2 is 1.48 bits per heavy atom. The maximum Gasteiger partial charge on any atom is 0.312 e. The lowest BCUT2D eigenvalue weighted by atomic mass is 10.1. The number of esters is 1. The summed E-state index contributed by atoms with van der Waals surface area (Å²) in [5.41, 5.74) is 0. The molecule has 0 aromatic rings. The summed E-state index contributed by atoms with van der Waals surface area (Å²) in [6.45, 7) is 2.26. The normalized spacial score (nSPS) is 13.3. The molecule has 0 unspecified atom stereocenters. The number of unbranched alkanes of at least 4 members (excludes halogenated alkanes) is 10. The van der Waals surface area contributed by atoms with E-state index in [1.807, 2.05) is 18.2 Å². The first-order valence-corrected chi connectivity index (χ1v) is 9.33. The molecule has 1 heterocycles. The van der Waals surface area contributed by atoms with E-state index in [4.69, 9.17) is 4.74 Å². The van der Waals surface area contributed by atoms with E-state index in [-0.39, 0.29) is 5.97 Å². The molecule has 0 amide bonds. The van der Waals surface area contributed by atoms with Crippen LogP contribution in [0.2, 0.25) is 0 Å². The van der Waals surface area contributed by atoms with Crippen molar-refractivity contribution in [2.75, 3.05) is 0 Å². The Morgan fingerprint density at radius 1 is 0.870 bits per heavy atom. The molecule has 1 N–H and O–H groups in total. The zero-order valence-electron chi connectivity index (χ0n) is 14.7. The van der Waals surface area contributed by atoms with Crippen molar-refractivity contribution >= 4 is 5.97 Å². The van der Waals surface area contributed by atoms with Crippen LogP contribution in [0.25, 0.3) is 0 Å². The molecular formula is C20H33NO2. The monoisotopic (exact) mass is 319 g/mol. The van der Waals surface area contributed by atoms with E-state index >= 15 is 0 Å². The summed E-state index contributed by atoms with van der Waals surface area (Å²) < 4.78 is 5.27. The van der Waals surface area contributed by atoms with E-state index < -0.39 is 0 Å². The molecule has 3 nitrogen and oxygen atoms in total. The fourth-order valence-electron chi connectivity index (χ4n) is 2.61. The maximum absolute atomic E-state index is 11.7. The van der Waals surface area contributed by atoms with Gasteiger partial charge in [-0.3, -0.25) is 4.79 Å². The van der Waals surface area contributed by atoms with Crippen LogP contribution in [-0.2, 0) is 9.53 Å². The third-order valence-electron chi connectivity index (χ3n) is 4.00. The Labute approximate surface area is 141 Å². The molecule has 0 aliphatic carbocycles. The van der Waals surface area contributed by atoms with Crippen LogP contribution in [0.15, 0.2) is 36.4 Å². The molecule has 130 valence electrons. The van der Waals surface area contributed by atoms with Gasteiger partial charge in [-0.05, 0) is 18.6 Å². The van der Waals surface area contributed by atoms with E-state index in [2.05, 4.69) is 12.2 Å². The number of rotatable bonds is 13. The maximum atomic E-state index is 11.7. The quantitative estimate of drug-likeness (QED) is 0.347. The van der Waals surface area contributed by atoms with Crippen LogP contribution < -0.4 is 5.32 Å². The lowest BCUT2D eigenvalue weighted by Gasteiger charge is -2.07. The standard InChI is InChI=1S/C20H33NO2/c1-2-3-4-5-6-7-8-9-10-11-14-17-20(22)23-19-16-13-12-15-18-21-19/h12-13,15-16,18,21H,2-11,14,17H2,1H3. The van der Waals surface area contributed by atoms with Crippen molar-refractivity contribution in [1.29, 1.82) is 0 Å². The number of nitrogens with one attached hydrogen (secondary N) is 1. The minimum absolute atomic E-state index is 0.150. The Kier molecular flexibility index (Phi) is 12.0. The Bertz CT molecular complexity index is 396. The van der Waals surface area contributed by atoms with Crippen LogP contribution >= 0.6 is 0 Å². The van der Waals surface area contributed by atoms with Crippen LogP contribution in [0, 0.1) is 0 Å². The van der Waals surface area contributed by atoms with E-state index in [1.54, 1.807) is 12.3 Å². The predicted octanol–water partition coefficient (Wildman–Crippen LogP) is 5.75. The van der Waals surface area contributed by atoms with Crippen LogP contribution in [0.1, 0.15) is 84.0 Å². The fraction of sp³-hybridized carbons (Fsp3) is 0.650. The highest BCUT2D eigenvalue weighted by Gasteiger charge is 2.06. The van der Waals surface area contributed by atoms with E-state index in [1.165, 1.54) is 57.8 Å². The van der Waals surface area contributed by atoms with Gasteiger partial charge < -0.3 is 10.1 Å². The van der Waals surface area contributed by atoms with Crippen LogP contribution in [0.3, 0.4) is 0 Å². The molecule has 1 rings (SSSR count). The summed E-state index contributed by atoms with van der Waals surface area (Å²) in [4.78, 5) is 11.7. The van der Waals surface area contributed by atoms with Gasteiger partial charge in [-0.25, -0.2) is 0 Å². The van der Waals surface area contributed by atoms with Gasteiger partial charge in [0.2, 0.25) is 5.88 Å². The third kappa shape index (κ3) is 11.7. The second kappa shape index (κ2) is 14.1. The number of hydrogen-bond donors (Lipinski definition) is 1. The minimum atomic E-state index is -0.150. The first kappa shape index (κ1) is 19.5. The number of ether oxygens (including phenoxy) is 1. The van der Waals surface area contributed by atoms with Gasteiger partial charge in [0.15, 0.2) is 0 Å². The zero-order chi connectivity index (χ0) is 16.6. The van der Waals surface area contributed by atoms with Gasteiger partial charge in [-0.15, -0.1) is 0 Å². The largest absolute Gasteiger partial charge is 0.410 e. The van der Waals surface area contributed by atoms with Crippen molar-refractivity contribution in [3.05, 3.63) is 36.4 Å². The number of carbonyl (C=O) groups excluding carboxylic acids is 1. The van der Waals surface area contributed by atoms with Crippen molar-refractivity contribution in [2.24, 2.45) is 0 Å². The second-order valence-electron chi connectivity index (χ2n) is 6.18. The number of hydrogen-bond acceptors (Lipinski definition) is 3. The van der Waals surface area contributed by atoms with Gasteiger partial charge in [-0.1, -0.05) is 83.3 Å². The van der Waals surface area contributed by atoms with Crippen molar-refractivity contribution in [3.63, 3.8) is 0 Å². The van der Waals surface area contributed by atoms with Crippen molar-refractivity contribution in [2.45, 2.75) is 84.0 Å². The van der Waals surface area contributed by atoms with Crippen LogP contribution in [0.4, 0.5) is 0 Å². The average Bonchev–Trinajstić information content (AvgIpc) is 2.81. The molecular weight excluding hydrogens is 286 g/mol. The molecule has 1 aliphatic heterocycles. The highest BCUT2D eigenvalue weighted by atomic mass is 16.5. The fourth-order valence-corrected chi connectivity index (χ4v) is 2.61. The lowest BCUT2D eigenvalue weighted by molar-refractivity contribution is -0.140. The molecule has 0 spiro atoms. The topological polar surface area (TPSA) is 38.3 Å². The third-order valence-corrected chi connectivity index (χ3v) is 4.00. The predicted molar refractivity (Wildman–Crippen MR) is 96.7 cm³/mol. The molecule has 0 aromatic heterocycles. The number of allylic oxidation sites excluding steroid dienone is 4. The van der Waals surface area contributed by atoms with Crippen molar-refractivity contribution < 1.29 is 9.53 Å². The van der Waals surface area contributed by atoms with Gasteiger partial charge in [0.05, 0.1) is 0 Å². The molecule has 23 heavy (non-hydrogen) atoms. The van der Waals surface area contributed by atoms with Gasteiger partial charge in [0.25, 0.3) is 0 Å². The SMILES string of the molecule is CCCCCCCCCCCCCC(=O)OC1=CC=CC=CN1. The van der Waals surface area contributed by atoms with Gasteiger partial charge >= 0.3 is 5.97 Å². The second-order valence-corrected chi connectivity index (χ2v) is 6.18. The highest BCUT2D eigenvalue weighted by Crippen LogP contribution is 2.12. The zero-order valence-corrected chi connectivity index (χ0v) is 14.7. The molecule has 0 bridgehead atoms. The summed E-state index contributed by atoms with van der Waals surface area (Å²) in [5, 5.41) is 2.93. The molecule has 0 saturated heterocycles. The van der Waals surface area contributed by atoms with E-state index in [9.17, 15) is 4.79 Å². The smallest absolute Gasteiger partial charge is 0.312 e. The molecule has 0 atom stereocenters. The summed E-state index contributed by atoms with van der Waals surface area (Å²) in [5.74, 6) is 0.353. The minimum Gasteiger partial charge on any atom is -0.410 e. The Balaban J connectivity index is 1.89. The van der Waals surface area contributed by atoms with Crippen molar-refractivity contribution in [1.82, 2.24) is 5.32 Å². The van der Waals surface area contributed by atoms with Gasteiger partial charge in [0.1, 0.15) is 0 Å². The summed E-state index contributed by atoms with van der Waals surface area (Å²) in [7, 11) is 0. The molecule has 1 aliphatic rings. The first-order valence-electron chi connectivity index (χ1n) is 9.33. The molecule has 0 radical (unpaired) electrons. The van der Waals surface area contributed by atoms with Crippen LogP contribution in [-0.4, -0.2) is 5.97 Å². The van der Waals surface area contributed by atoms with Gasteiger partial charge in [-0.2, -0.15) is 0 Å². The lowest BCUT2D eigenvalue weighted by Crippen LogP contribution is -2.13. The Morgan fingerprint density at radius 3 is 2.13 bits per heavy atom. The van der Waals surface area contributed by atoms with Gasteiger partial charge in [0, 0.05) is 12.6 Å².